The molecule has 2 nitrogen and oxygen atoms in total. The Labute approximate surface area is 79.0 Å². The number of para-hydroxylation sites is 1. The number of hydrogen-bond donors (Lipinski definition) is 1. The number of carbonyl (C=O) groups excluding carboxylic acids is 1. The van der Waals surface area contributed by atoms with Crippen molar-refractivity contribution < 1.29 is 4.79 Å². The fourth-order valence-electron chi connectivity index (χ4n) is 1.41. The first-order chi connectivity index (χ1) is 6.27. The lowest BCUT2D eigenvalue weighted by Gasteiger charge is -2.00. The molecule has 0 atom stereocenters. The van der Waals surface area contributed by atoms with Gasteiger partial charge >= 0.3 is 0 Å². The van der Waals surface area contributed by atoms with Gasteiger partial charge < -0.3 is 5.32 Å². The number of aryl methyl sites for hydroxylation is 1. The molecular formula is C11H15NO. The summed E-state index contributed by atoms with van der Waals surface area (Å²) in [6.45, 7) is 6.00. The Hall–Kier alpha value is -1.31. The zero-order chi connectivity index (χ0) is 9.84. The summed E-state index contributed by atoms with van der Waals surface area (Å²) in [6.07, 6.45) is 0.539. The van der Waals surface area contributed by atoms with Crippen LogP contribution >= 0.6 is 0 Å². The third-order valence-electron chi connectivity index (χ3n) is 1.97. The van der Waals surface area contributed by atoms with E-state index in [0.717, 1.165) is 16.8 Å². The lowest BCUT2D eigenvalue weighted by molar-refractivity contribution is -0.115. The Kier molecular flexibility index (Phi) is 3.07. The molecule has 2 heteroatoms. The van der Waals surface area contributed by atoms with E-state index in [1.54, 1.807) is 0 Å². The Morgan fingerprint density at radius 2 is 2.00 bits per heavy atom. The first-order valence-electron chi connectivity index (χ1n) is 4.66. The maximum Gasteiger partial charge on any atom is 0.228 e. The molecular weight excluding hydrogens is 162 g/mol. The van der Waals surface area contributed by atoms with Gasteiger partial charge in [0.25, 0.3) is 0 Å². The lowest BCUT2D eigenvalue weighted by Crippen LogP contribution is -2.04. The van der Waals surface area contributed by atoms with Gasteiger partial charge in [0.2, 0.25) is 5.91 Å². The van der Waals surface area contributed by atoms with Gasteiger partial charge in [-0.3, -0.25) is 4.79 Å². The molecule has 13 heavy (non-hydrogen) atoms. The third-order valence-corrected chi connectivity index (χ3v) is 1.97. The first-order valence-corrected chi connectivity index (χ1v) is 4.66. The van der Waals surface area contributed by atoms with Crippen LogP contribution in [0.5, 0.6) is 0 Å². The fourth-order valence-corrected chi connectivity index (χ4v) is 1.41. The summed E-state index contributed by atoms with van der Waals surface area (Å²) in [6, 6.07) is 5.97. The summed E-state index contributed by atoms with van der Waals surface area (Å²) in [4.78, 5) is 10.9. The molecule has 1 aliphatic heterocycles. The SMILES string of the molecule is CC.Cc1cccc2c1NC(=O)C2. The molecule has 0 unspecified atom stereocenters. The second kappa shape index (κ2) is 4.08. The molecule has 0 saturated carbocycles. The van der Waals surface area contributed by atoms with Gasteiger partial charge in [0.1, 0.15) is 0 Å². The predicted octanol–water partition coefficient (Wildman–Crippen LogP) is 2.52. The van der Waals surface area contributed by atoms with Crippen LogP contribution in [-0.2, 0) is 11.2 Å². The Bertz CT molecular complexity index is 318. The van der Waals surface area contributed by atoms with E-state index in [-0.39, 0.29) is 5.91 Å². The van der Waals surface area contributed by atoms with Gasteiger partial charge in [-0.05, 0) is 18.1 Å². The minimum atomic E-state index is 0.106. The highest BCUT2D eigenvalue weighted by atomic mass is 16.1. The molecule has 1 aromatic carbocycles. The highest BCUT2D eigenvalue weighted by Crippen LogP contribution is 2.25. The molecule has 0 aliphatic carbocycles. The molecule has 1 aromatic rings. The molecule has 70 valence electrons. The lowest BCUT2D eigenvalue weighted by atomic mass is 10.1. The number of nitrogens with one attached hydrogen (secondary N) is 1. The van der Waals surface area contributed by atoms with Gasteiger partial charge in [0.15, 0.2) is 0 Å². The predicted molar refractivity (Wildman–Crippen MR) is 54.9 cm³/mol. The van der Waals surface area contributed by atoms with Crippen LogP contribution in [0.1, 0.15) is 25.0 Å². The van der Waals surface area contributed by atoms with Crippen LogP contribution in [0.4, 0.5) is 5.69 Å². The maximum atomic E-state index is 10.9. The Morgan fingerprint density at radius 1 is 1.31 bits per heavy atom. The minimum Gasteiger partial charge on any atom is -0.325 e. The van der Waals surface area contributed by atoms with E-state index < -0.39 is 0 Å². The van der Waals surface area contributed by atoms with Crippen molar-refractivity contribution in [3.8, 4) is 0 Å². The fraction of sp³-hybridized carbons (Fsp3) is 0.364. The number of rotatable bonds is 0. The molecule has 0 aromatic heterocycles. The number of anilines is 1. The van der Waals surface area contributed by atoms with Crippen molar-refractivity contribution in [1.82, 2.24) is 0 Å². The summed E-state index contributed by atoms with van der Waals surface area (Å²) >= 11 is 0. The summed E-state index contributed by atoms with van der Waals surface area (Å²) in [5.74, 6) is 0.106. The van der Waals surface area contributed by atoms with Gasteiger partial charge in [0.05, 0.1) is 6.42 Å². The highest BCUT2D eigenvalue weighted by Gasteiger charge is 2.17. The average molecular weight is 177 g/mol. The zero-order valence-corrected chi connectivity index (χ0v) is 8.35. The monoisotopic (exact) mass is 177 g/mol. The molecule has 0 spiro atoms. The standard InChI is InChI=1S/C9H9NO.C2H6/c1-6-3-2-4-7-5-8(11)10-9(6)7;1-2/h2-4H,5H2,1H3,(H,10,11);1-2H3. The molecule has 1 heterocycles. The summed E-state index contributed by atoms with van der Waals surface area (Å²) in [7, 11) is 0. The number of fused-ring (bicyclic) bond motifs is 1. The smallest absolute Gasteiger partial charge is 0.228 e. The number of amides is 1. The molecule has 2 rings (SSSR count). The second-order valence-electron chi connectivity index (χ2n) is 2.83. The van der Waals surface area contributed by atoms with Crippen LogP contribution in [0.3, 0.4) is 0 Å². The van der Waals surface area contributed by atoms with Gasteiger partial charge in [-0.1, -0.05) is 32.0 Å². The van der Waals surface area contributed by atoms with Crippen molar-refractivity contribution in [2.75, 3.05) is 5.32 Å². The number of hydrogen-bond acceptors (Lipinski definition) is 1. The Balaban J connectivity index is 0.000000396. The Morgan fingerprint density at radius 3 is 2.62 bits per heavy atom. The molecule has 1 N–H and O–H groups in total. The highest BCUT2D eigenvalue weighted by molar-refractivity contribution is 5.99. The van der Waals surface area contributed by atoms with Crippen molar-refractivity contribution in [1.29, 1.82) is 0 Å². The van der Waals surface area contributed by atoms with Crippen molar-refractivity contribution >= 4 is 11.6 Å². The van der Waals surface area contributed by atoms with E-state index >= 15 is 0 Å². The van der Waals surface area contributed by atoms with Gasteiger partial charge in [-0.15, -0.1) is 0 Å². The molecule has 0 radical (unpaired) electrons. The molecule has 0 fully saturated rings. The van der Waals surface area contributed by atoms with Crippen LogP contribution in [0.2, 0.25) is 0 Å². The topological polar surface area (TPSA) is 29.1 Å². The molecule has 0 bridgehead atoms. The minimum absolute atomic E-state index is 0.106. The largest absolute Gasteiger partial charge is 0.325 e. The quantitative estimate of drug-likeness (QED) is 0.648. The van der Waals surface area contributed by atoms with Crippen molar-refractivity contribution in [3.63, 3.8) is 0 Å². The van der Waals surface area contributed by atoms with E-state index in [4.69, 9.17) is 0 Å². The summed E-state index contributed by atoms with van der Waals surface area (Å²) in [5, 5.41) is 2.83. The van der Waals surface area contributed by atoms with Crippen molar-refractivity contribution in [3.05, 3.63) is 29.3 Å². The van der Waals surface area contributed by atoms with Crippen molar-refractivity contribution in [2.45, 2.75) is 27.2 Å². The summed E-state index contributed by atoms with van der Waals surface area (Å²) in [5.41, 5.74) is 3.28. The van der Waals surface area contributed by atoms with E-state index in [9.17, 15) is 4.79 Å². The average Bonchev–Trinajstić information content (AvgIpc) is 2.51. The number of benzene rings is 1. The van der Waals surface area contributed by atoms with E-state index in [1.165, 1.54) is 0 Å². The third kappa shape index (κ3) is 1.89. The normalized spacial score (nSPS) is 12.7. The van der Waals surface area contributed by atoms with Gasteiger partial charge in [-0.25, -0.2) is 0 Å². The van der Waals surface area contributed by atoms with Crippen molar-refractivity contribution in [2.24, 2.45) is 0 Å². The van der Waals surface area contributed by atoms with Crippen LogP contribution in [0, 0.1) is 6.92 Å². The molecule has 0 saturated heterocycles. The van der Waals surface area contributed by atoms with E-state index in [2.05, 4.69) is 5.32 Å². The summed E-state index contributed by atoms with van der Waals surface area (Å²) < 4.78 is 0. The zero-order valence-electron chi connectivity index (χ0n) is 8.35. The van der Waals surface area contributed by atoms with E-state index in [1.807, 2.05) is 39.0 Å². The van der Waals surface area contributed by atoms with Crippen LogP contribution in [-0.4, -0.2) is 5.91 Å². The maximum absolute atomic E-state index is 10.9. The molecule has 1 aliphatic rings. The molecule has 1 amide bonds. The van der Waals surface area contributed by atoms with Crippen LogP contribution in [0.25, 0.3) is 0 Å². The van der Waals surface area contributed by atoms with E-state index in [0.29, 0.717) is 6.42 Å². The van der Waals surface area contributed by atoms with Gasteiger partial charge in [-0.2, -0.15) is 0 Å². The second-order valence-corrected chi connectivity index (χ2v) is 2.83. The number of carbonyl (C=O) groups is 1. The van der Waals surface area contributed by atoms with Crippen LogP contribution < -0.4 is 5.32 Å². The van der Waals surface area contributed by atoms with Gasteiger partial charge in [0, 0.05) is 5.69 Å². The van der Waals surface area contributed by atoms with Crippen LogP contribution in [0.15, 0.2) is 18.2 Å². The first kappa shape index (κ1) is 9.78.